The smallest absolute Gasteiger partial charge is 0.407 e. The van der Waals surface area contributed by atoms with Gasteiger partial charge in [0.1, 0.15) is 12.4 Å². The molecule has 0 aliphatic heterocycles. The third-order valence-electron chi connectivity index (χ3n) is 5.62. The number of rotatable bonds is 4. The molecule has 0 fully saturated rings. The second-order valence-corrected chi connectivity index (χ2v) is 7.62. The summed E-state index contributed by atoms with van der Waals surface area (Å²) in [5.74, 6) is 7.01. The fraction of sp³-hybridized carbons (Fsp3) is 0.222. The van der Waals surface area contributed by atoms with Crippen LogP contribution in [0.15, 0.2) is 60.7 Å². The number of ether oxygens (including phenoxy) is 2. The standard InChI is InChI=1S/C27H25NO3/c1-18-15-20(30-3)16-19(2)21(18)13-8-14-28-27(29)31-17-26-24-11-6-4-9-22(24)23-10-5-7-12-25(23)26/h4-7,9-12,15-16,26H,14,17H2,1-3H3,(H,28,29). The van der Waals surface area contributed by atoms with Gasteiger partial charge in [0, 0.05) is 11.5 Å². The lowest BCUT2D eigenvalue weighted by Crippen LogP contribution is -2.26. The molecule has 4 heteroatoms. The Balaban J connectivity index is 1.36. The minimum absolute atomic E-state index is 0.0498. The Hall–Kier alpha value is -3.71. The number of hydrogen-bond donors (Lipinski definition) is 1. The van der Waals surface area contributed by atoms with E-state index in [0.717, 1.165) is 22.4 Å². The Kier molecular flexibility index (Phi) is 5.95. The molecule has 1 aliphatic rings. The zero-order valence-electron chi connectivity index (χ0n) is 18.0. The van der Waals surface area contributed by atoms with Crippen LogP contribution in [0.5, 0.6) is 5.75 Å². The van der Waals surface area contributed by atoms with Gasteiger partial charge in [-0.1, -0.05) is 60.4 Å². The molecule has 0 spiro atoms. The van der Waals surface area contributed by atoms with E-state index < -0.39 is 6.09 Å². The molecular weight excluding hydrogens is 386 g/mol. The van der Waals surface area contributed by atoms with Crippen LogP contribution in [0.25, 0.3) is 11.1 Å². The molecule has 1 N–H and O–H groups in total. The van der Waals surface area contributed by atoms with E-state index >= 15 is 0 Å². The average Bonchev–Trinajstić information content (AvgIpc) is 3.10. The summed E-state index contributed by atoms with van der Waals surface area (Å²) in [4.78, 5) is 12.2. The molecule has 3 aromatic rings. The molecule has 4 nitrogen and oxygen atoms in total. The average molecular weight is 412 g/mol. The highest BCUT2D eigenvalue weighted by molar-refractivity contribution is 5.79. The van der Waals surface area contributed by atoms with Crippen molar-refractivity contribution in [2.75, 3.05) is 20.3 Å². The molecule has 0 atom stereocenters. The van der Waals surface area contributed by atoms with Gasteiger partial charge in [0.05, 0.1) is 13.7 Å². The van der Waals surface area contributed by atoms with Gasteiger partial charge in [0.25, 0.3) is 0 Å². The summed E-state index contributed by atoms with van der Waals surface area (Å²) < 4.78 is 10.8. The van der Waals surface area contributed by atoms with E-state index in [1.165, 1.54) is 22.3 Å². The normalized spacial score (nSPS) is 11.7. The van der Waals surface area contributed by atoms with Crippen LogP contribution < -0.4 is 10.1 Å². The number of benzene rings is 3. The summed E-state index contributed by atoms with van der Waals surface area (Å²) >= 11 is 0. The zero-order chi connectivity index (χ0) is 21.8. The third kappa shape index (κ3) is 4.27. The highest BCUT2D eigenvalue weighted by Gasteiger charge is 2.28. The van der Waals surface area contributed by atoms with Gasteiger partial charge in [-0.05, 0) is 59.4 Å². The van der Waals surface area contributed by atoms with Crippen molar-refractivity contribution in [3.63, 3.8) is 0 Å². The molecule has 3 aromatic carbocycles. The lowest BCUT2D eigenvalue weighted by molar-refractivity contribution is 0.144. The minimum Gasteiger partial charge on any atom is -0.497 e. The van der Waals surface area contributed by atoms with Crippen LogP contribution in [0.2, 0.25) is 0 Å². The van der Waals surface area contributed by atoms with Crippen molar-refractivity contribution >= 4 is 6.09 Å². The summed E-state index contributed by atoms with van der Waals surface area (Å²) in [5, 5.41) is 2.73. The fourth-order valence-electron chi connectivity index (χ4n) is 4.14. The van der Waals surface area contributed by atoms with E-state index in [4.69, 9.17) is 9.47 Å². The first-order valence-electron chi connectivity index (χ1n) is 10.3. The molecular formula is C27H25NO3. The van der Waals surface area contributed by atoms with Gasteiger partial charge in [0.15, 0.2) is 0 Å². The maximum atomic E-state index is 12.2. The maximum absolute atomic E-state index is 12.2. The summed E-state index contributed by atoms with van der Waals surface area (Å²) in [6, 6.07) is 20.5. The number of methoxy groups -OCH3 is 1. The van der Waals surface area contributed by atoms with E-state index in [1.54, 1.807) is 7.11 Å². The summed E-state index contributed by atoms with van der Waals surface area (Å²) in [6.45, 7) is 4.52. The number of aryl methyl sites for hydroxylation is 2. The van der Waals surface area contributed by atoms with Gasteiger partial charge < -0.3 is 14.8 Å². The first-order chi connectivity index (χ1) is 15.1. The molecule has 0 radical (unpaired) electrons. The quantitative estimate of drug-likeness (QED) is 0.600. The largest absolute Gasteiger partial charge is 0.497 e. The van der Waals surface area contributed by atoms with Crippen molar-refractivity contribution in [1.82, 2.24) is 5.32 Å². The molecule has 4 rings (SSSR count). The number of carbonyl (C=O) groups is 1. The Morgan fingerprint density at radius 1 is 0.968 bits per heavy atom. The van der Waals surface area contributed by atoms with E-state index in [0.29, 0.717) is 6.61 Å². The van der Waals surface area contributed by atoms with Gasteiger partial charge >= 0.3 is 6.09 Å². The summed E-state index contributed by atoms with van der Waals surface area (Å²) in [5.41, 5.74) is 7.86. The van der Waals surface area contributed by atoms with Gasteiger partial charge in [-0.15, -0.1) is 0 Å². The SMILES string of the molecule is COc1cc(C)c(C#CCNC(=O)OCC2c3ccccc3-c3ccccc32)c(C)c1. The van der Waals surface area contributed by atoms with Crippen molar-refractivity contribution < 1.29 is 14.3 Å². The highest BCUT2D eigenvalue weighted by Crippen LogP contribution is 2.44. The van der Waals surface area contributed by atoms with Crippen LogP contribution in [0.3, 0.4) is 0 Å². The van der Waals surface area contributed by atoms with Gasteiger partial charge in [-0.3, -0.25) is 0 Å². The van der Waals surface area contributed by atoms with Crippen LogP contribution in [-0.2, 0) is 4.74 Å². The van der Waals surface area contributed by atoms with Gasteiger partial charge in [0.2, 0.25) is 0 Å². The molecule has 0 saturated carbocycles. The molecule has 1 amide bonds. The second-order valence-electron chi connectivity index (χ2n) is 7.62. The van der Waals surface area contributed by atoms with Crippen molar-refractivity contribution in [3.8, 4) is 28.7 Å². The predicted molar refractivity (Wildman–Crippen MR) is 122 cm³/mol. The van der Waals surface area contributed by atoms with E-state index in [2.05, 4.69) is 41.4 Å². The van der Waals surface area contributed by atoms with E-state index in [9.17, 15) is 4.79 Å². The molecule has 156 valence electrons. The Morgan fingerprint density at radius 3 is 2.13 bits per heavy atom. The Morgan fingerprint density at radius 2 is 1.55 bits per heavy atom. The Labute approximate surface area is 183 Å². The fourth-order valence-corrected chi connectivity index (χ4v) is 4.14. The van der Waals surface area contributed by atoms with Crippen molar-refractivity contribution in [3.05, 3.63) is 88.5 Å². The van der Waals surface area contributed by atoms with Crippen LogP contribution in [0.4, 0.5) is 4.79 Å². The van der Waals surface area contributed by atoms with Crippen molar-refractivity contribution in [1.29, 1.82) is 0 Å². The van der Waals surface area contributed by atoms with Crippen LogP contribution in [-0.4, -0.2) is 26.4 Å². The monoisotopic (exact) mass is 411 g/mol. The third-order valence-corrected chi connectivity index (χ3v) is 5.62. The predicted octanol–water partition coefficient (Wildman–Crippen LogP) is 5.20. The van der Waals surface area contributed by atoms with Crippen molar-refractivity contribution in [2.45, 2.75) is 19.8 Å². The second kappa shape index (κ2) is 8.97. The number of fused-ring (bicyclic) bond motifs is 3. The number of carbonyl (C=O) groups excluding carboxylic acids is 1. The minimum atomic E-state index is -0.459. The zero-order valence-corrected chi connectivity index (χ0v) is 18.0. The van der Waals surface area contributed by atoms with Gasteiger partial charge in [-0.25, -0.2) is 4.79 Å². The van der Waals surface area contributed by atoms with Gasteiger partial charge in [-0.2, -0.15) is 0 Å². The number of nitrogens with one attached hydrogen (secondary N) is 1. The maximum Gasteiger partial charge on any atom is 0.407 e. The summed E-state index contributed by atoms with van der Waals surface area (Å²) in [6.07, 6.45) is -0.459. The molecule has 1 aliphatic carbocycles. The topological polar surface area (TPSA) is 47.6 Å². The molecule has 31 heavy (non-hydrogen) atoms. The lowest BCUT2D eigenvalue weighted by atomic mass is 9.98. The van der Waals surface area contributed by atoms with E-state index in [-0.39, 0.29) is 12.5 Å². The van der Waals surface area contributed by atoms with Crippen molar-refractivity contribution in [2.24, 2.45) is 0 Å². The lowest BCUT2D eigenvalue weighted by Gasteiger charge is -2.14. The number of hydrogen-bond acceptors (Lipinski definition) is 3. The van der Waals surface area contributed by atoms with Crippen LogP contribution >= 0.6 is 0 Å². The summed E-state index contributed by atoms with van der Waals surface area (Å²) in [7, 11) is 1.65. The number of amides is 1. The van der Waals surface area contributed by atoms with E-state index in [1.807, 2.05) is 50.2 Å². The molecule has 0 saturated heterocycles. The molecule has 0 bridgehead atoms. The molecule has 0 aromatic heterocycles. The Bertz CT molecular complexity index is 1120. The first kappa shape index (κ1) is 20.6. The number of alkyl carbamates (subject to hydrolysis) is 1. The van der Waals surface area contributed by atoms with Crippen LogP contribution in [0.1, 0.15) is 33.7 Å². The van der Waals surface area contributed by atoms with Crippen LogP contribution in [0, 0.1) is 25.7 Å². The molecule has 0 heterocycles. The first-order valence-corrected chi connectivity index (χ1v) is 10.3. The molecule has 0 unspecified atom stereocenters. The highest BCUT2D eigenvalue weighted by atomic mass is 16.5.